The number of carboxylic acids is 1. The van der Waals surface area contributed by atoms with Crippen molar-refractivity contribution in [2.75, 3.05) is 13.1 Å². The highest BCUT2D eigenvalue weighted by Crippen LogP contribution is 2.13. The van der Waals surface area contributed by atoms with E-state index >= 15 is 0 Å². The first-order valence-electron chi connectivity index (χ1n) is 7.08. The molecular weight excluding hydrogens is 244 g/mol. The van der Waals surface area contributed by atoms with Crippen molar-refractivity contribution in [1.82, 2.24) is 10.2 Å². The molecule has 5 heteroatoms. The van der Waals surface area contributed by atoms with Gasteiger partial charge in [0.15, 0.2) is 0 Å². The standard InChI is InChI=1S/C14H28N2O3/c1-6-12(7-2)11(5)15-14(19)16(8-10(3)4)9-13(17)18/h10-12H,6-9H2,1-5H3,(H,15,19)(H,17,18). The van der Waals surface area contributed by atoms with Gasteiger partial charge in [-0.1, -0.05) is 40.5 Å². The van der Waals surface area contributed by atoms with Gasteiger partial charge in [-0.2, -0.15) is 0 Å². The molecular formula is C14H28N2O3. The van der Waals surface area contributed by atoms with Crippen molar-refractivity contribution in [2.24, 2.45) is 11.8 Å². The number of hydrogen-bond donors (Lipinski definition) is 2. The molecule has 0 saturated carbocycles. The summed E-state index contributed by atoms with van der Waals surface area (Å²) in [6, 6.07) is -0.221. The number of carboxylic acid groups (broad SMARTS) is 1. The molecule has 0 spiro atoms. The Hall–Kier alpha value is -1.26. The van der Waals surface area contributed by atoms with Crippen LogP contribution in [0.1, 0.15) is 47.5 Å². The molecule has 0 heterocycles. The van der Waals surface area contributed by atoms with Crippen LogP contribution in [0.3, 0.4) is 0 Å². The van der Waals surface area contributed by atoms with Gasteiger partial charge >= 0.3 is 12.0 Å². The molecule has 19 heavy (non-hydrogen) atoms. The third-order valence-corrected chi connectivity index (χ3v) is 3.31. The van der Waals surface area contributed by atoms with Crippen LogP contribution in [0, 0.1) is 11.8 Å². The van der Waals surface area contributed by atoms with Gasteiger partial charge in [-0.05, 0) is 18.8 Å². The smallest absolute Gasteiger partial charge is 0.323 e. The lowest BCUT2D eigenvalue weighted by molar-refractivity contribution is -0.137. The first kappa shape index (κ1) is 17.7. The summed E-state index contributed by atoms with van der Waals surface area (Å²) in [5.41, 5.74) is 0. The molecule has 0 aromatic heterocycles. The maximum atomic E-state index is 12.1. The summed E-state index contributed by atoms with van der Waals surface area (Å²) in [5.74, 6) is -0.311. The van der Waals surface area contributed by atoms with Gasteiger partial charge < -0.3 is 15.3 Å². The van der Waals surface area contributed by atoms with Crippen LogP contribution in [-0.4, -0.2) is 41.1 Å². The Labute approximate surface area is 116 Å². The molecule has 1 unspecified atom stereocenters. The molecule has 0 aromatic carbocycles. The van der Waals surface area contributed by atoms with E-state index in [2.05, 4.69) is 19.2 Å². The molecule has 0 aliphatic rings. The normalized spacial score (nSPS) is 12.6. The summed E-state index contributed by atoms with van der Waals surface area (Å²) >= 11 is 0. The Morgan fingerprint density at radius 3 is 2.05 bits per heavy atom. The third-order valence-electron chi connectivity index (χ3n) is 3.31. The third kappa shape index (κ3) is 7.03. The zero-order valence-electron chi connectivity index (χ0n) is 12.8. The number of carbonyl (C=O) groups is 2. The average molecular weight is 272 g/mol. The van der Waals surface area contributed by atoms with Crippen LogP contribution in [0.5, 0.6) is 0 Å². The molecule has 0 aromatic rings. The lowest BCUT2D eigenvalue weighted by Gasteiger charge is -2.28. The lowest BCUT2D eigenvalue weighted by atomic mass is 9.96. The highest BCUT2D eigenvalue weighted by Gasteiger charge is 2.22. The Kier molecular flexibility index (Phi) is 8.19. The molecule has 0 aliphatic carbocycles. The van der Waals surface area contributed by atoms with Crippen LogP contribution < -0.4 is 5.32 Å². The fourth-order valence-electron chi connectivity index (χ4n) is 2.22. The summed E-state index contributed by atoms with van der Waals surface area (Å²) in [6.45, 7) is 10.3. The fraction of sp³-hybridized carbons (Fsp3) is 0.857. The Morgan fingerprint density at radius 2 is 1.68 bits per heavy atom. The molecule has 2 N–H and O–H groups in total. The van der Waals surface area contributed by atoms with Gasteiger partial charge in [0, 0.05) is 12.6 Å². The minimum atomic E-state index is -0.981. The number of rotatable bonds is 8. The van der Waals surface area contributed by atoms with Crippen LogP contribution >= 0.6 is 0 Å². The molecule has 0 rings (SSSR count). The monoisotopic (exact) mass is 272 g/mol. The van der Waals surface area contributed by atoms with Crippen molar-refractivity contribution in [3.63, 3.8) is 0 Å². The number of nitrogens with one attached hydrogen (secondary N) is 1. The first-order chi connectivity index (χ1) is 8.81. The summed E-state index contributed by atoms with van der Waals surface area (Å²) in [5, 5.41) is 11.8. The van der Waals surface area contributed by atoms with Crippen LogP contribution in [0.25, 0.3) is 0 Å². The molecule has 0 radical (unpaired) electrons. The van der Waals surface area contributed by atoms with Crippen molar-refractivity contribution in [3.05, 3.63) is 0 Å². The quantitative estimate of drug-likeness (QED) is 0.713. The van der Waals surface area contributed by atoms with Gasteiger partial charge in [0.25, 0.3) is 0 Å². The van der Waals surface area contributed by atoms with E-state index in [1.807, 2.05) is 20.8 Å². The van der Waals surface area contributed by atoms with Gasteiger partial charge in [-0.25, -0.2) is 4.79 Å². The van der Waals surface area contributed by atoms with E-state index in [0.717, 1.165) is 12.8 Å². The first-order valence-corrected chi connectivity index (χ1v) is 7.08. The maximum Gasteiger partial charge on any atom is 0.323 e. The van der Waals surface area contributed by atoms with Crippen molar-refractivity contribution in [1.29, 1.82) is 0 Å². The number of carbonyl (C=O) groups excluding carboxylic acids is 1. The van der Waals surface area contributed by atoms with Crippen LogP contribution in [0.15, 0.2) is 0 Å². The molecule has 0 fully saturated rings. The summed E-state index contributed by atoms with van der Waals surface area (Å²) < 4.78 is 0. The van der Waals surface area contributed by atoms with Gasteiger partial charge in [-0.3, -0.25) is 4.79 Å². The molecule has 0 aliphatic heterocycles. The largest absolute Gasteiger partial charge is 0.480 e. The van der Waals surface area contributed by atoms with E-state index in [1.54, 1.807) is 0 Å². The zero-order chi connectivity index (χ0) is 15.0. The van der Waals surface area contributed by atoms with E-state index in [0.29, 0.717) is 12.5 Å². The summed E-state index contributed by atoms with van der Waals surface area (Å²) in [6.07, 6.45) is 2.00. The SMILES string of the molecule is CCC(CC)C(C)NC(=O)N(CC(=O)O)CC(C)C. The Morgan fingerprint density at radius 1 is 1.16 bits per heavy atom. The Bertz CT molecular complexity index is 288. The number of urea groups is 1. The van der Waals surface area contributed by atoms with Crippen molar-refractivity contribution < 1.29 is 14.7 Å². The number of hydrogen-bond acceptors (Lipinski definition) is 2. The number of amides is 2. The predicted octanol–water partition coefficient (Wildman–Crippen LogP) is 2.56. The van der Waals surface area contributed by atoms with Crippen LogP contribution in [0.2, 0.25) is 0 Å². The number of aliphatic carboxylic acids is 1. The highest BCUT2D eigenvalue weighted by atomic mass is 16.4. The minimum Gasteiger partial charge on any atom is -0.480 e. The average Bonchev–Trinajstić information content (AvgIpc) is 2.28. The topological polar surface area (TPSA) is 69.6 Å². The van der Waals surface area contributed by atoms with Crippen LogP contribution in [0.4, 0.5) is 4.79 Å². The fourth-order valence-corrected chi connectivity index (χ4v) is 2.22. The van der Waals surface area contributed by atoms with Crippen molar-refractivity contribution >= 4 is 12.0 Å². The van der Waals surface area contributed by atoms with Gasteiger partial charge in [-0.15, -0.1) is 0 Å². The van der Waals surface area contributed by atoms with Crippen LogP contribution in [-0.2, 0) is 4.79 Å². The van der Waals surface area contributed by atoms with Crippen molar-refractivity contribution in [3.8, 4) is 0 Å². The predicted molar refractivity (Wildman–Crippen MR) is 76.1 cm³/mol. The van der Waals surface area contributed by atoms with E-state index < -0.39 is 5.97 Å². The molecule has 5 nitrogen and oxygen atoms in total. The van der Waals surface area contributed by atoms with E-state index in [1.165, 1.54) is 4.90 Å². The van der Waals surface area contributed by atoms with Gasteiger partial charge in [0.1, 0.15) is 6.54 Å². The molecule has 1 atom stereocenters. The molecule has 0 bridgehead atoms. The Balaban J connectivity index is 4.57. The van der Waals surface area contributed by atoms with Gasteiger partial charge in [0.2, 0.25) is 0 Å². The molecule has 2 amide bonds. The number of nitrogens with zero attached hydrogens (tertiary/aromatic N) is 1. The zero-order valence-corrected chi connectivity index (χ0v) is 12.8. The molecule has 112 valence electrons. The van der Waals surface area contributed by atoms with E-state index in [4.69, 9.17) is 5.11 Å². The second-order valence-electron chi connectivity index (χ2n) is 5.48. The highest BCUT2D eigenvalue weighted by molar-refractivity contribution is 5.80. The van der Waals surface area contributed by atoms with E-state index in [-0.39, 0.29) is 24.5 Å². The molecule has 0 saturated heterocycles. The minimum absolute atomic E-state index is 0.0611. The van der Waals surface area contributed by atoms with Gasteiger partial charge in [0.05, 0.1) is 0 Å². The maximum absolute atomic E-state index is 12.1. The van der Waals surface area contributed by atoms with E-state index in [9.17, 15) is 9.59 Å². The summed E-state index contributed by atoms with van der Waals surface area (Å²) in [7, 11) is 0. The second-order valence-corrected chi connectivity index (χ2v) is 5.48. The lowest BCUT2D eigenvalue weighted by Crippen LogP contribution is -2.49. The summed E-state index contributed by atoms with van der Waals surface area (Å²) in [4.78, 5) is 24.3. The van der Waals surface area contributed by atoms with Crippen molar-refractivity contribution in [2.45, 2.75) is 53.5 Å². The second kappa shape index (κ2) is 8.77.